The highest BCUT2D eigenvalue weighted by Gasteiger charge is 2.46. The van der Waals surface area contributed by atoms with Gasteiger partial charge in [-0.15, -0.1) is 0 Å². The number of benzene rings is 1. The lowest BCUT2D eigenvalue weighted by Crippen LogP contribution is -2.29. The van der Waals surface area contributed by atoms with Gasteiger partial charge < -0.3 is 4.98 Å². The van der Waals surface area contributed by atoms with Crippen LogP contribution in [-0.4, -0.2) is 23.9 Å². The smallest absolute Gasteiger partial charge is 0.361 e. The van der Waals surface area contributed by atoms with E-state index in [9.17, 15) is 21.6 Å². The second-order valence-electron chi connectivity index (χ2n) is 7.73. The molecule has 0 spiro atoms. The Hall–Kier alpha value is -2.52. The van der Waals surface area contributed by atoms with E-state index in [-0.39, 0.29) is 16.1 Å². The molecule has 0 unspecified atom stereocenters. The highest BCUT2D eigenvalue weighted by atomic mass is 35.5. The number of nitrogens with one attached hydrogen (secondary N) is 2. The second kappa shape index (κ2) is 7.63. The van der Waals surface area contributed by atoms with Crippen LogP contribution in [0.4, 0.5) is 18.9 Å². The van der Waals surface area contributed by atoms with E-state index in [0.717, 1.165) is 22.9 Å². The number of sulfonamides is 1. The molecular weight excluding hydrogens is 439 g/mol. The molecule has 2 N–H and O–H groups in total. The normalized spacial score (nSPS) is 12.8. The van der Waals surface area contributed by atoms with Crippen LogP contribution in [0.1, 0.15) is 26.5 Å². The molecule has 0 fully saturated rings. The lowest BCUT2D eigenvalue weighted by molar-refractivity contribution is -0.0429. The number of hydrogen-bond donors (Lipinski definition) is 2. The van der Waals surface area contributed by atoms with E-state index in [1.54, 1.807) is 12.4 Å². The molecule has 0 aliphatic carbocycles. The summed E-state index contributed by atoms with van der Waals surface area (Å²) >= 11 is 6.20. The van der Waals surface area contributed by atoms with Crippen molar-refractivity contribution in [2.24, 2.45) is 0 Å². The molecule has 30 heavy (non-hydrogen) atoms. The van der Waals surface area contributed by atoms with Crippen LogP contribution >= 0.6 is 11.6 Å². The van der Waals surface area contributed by atoms with Crippen molar-refractivity contribution in [3.8, 4) is 22.4 Å². The fourth-order valence-corrected chi connectivity index (χ4v) is 3.58. The van der Waals surface area contributed by atoms with Crippen LogP contribution in [0.5, 0.6) is 0 Å². The number of aromatic nitrogens is 2. The van der Waals surface area contributed by atoms with Crippen molar-refractivity contribution in [3.63, 3.8) is 0 Å². The molecule has 0 aliphatic heterocycles. The number of alkyl halides is 3. The number of nitrogens with zero attached hydrogens (tertiary/aromatic N) is 1. The summed E-state index contributed by atoms with van der Waals surface area (Å²) in [5.41, 5.74) is -1.89. The summed E-state index contributed by atoms with van der Waals surface area (Å²) in [6, 6.07) is 9.50. The van der Waals surface area contributed by atoms with Crippen LogP contribution in [0.2, 0.25) is 5.02 Å². The summed E-state index contributed by atoms with van der Waals surface area (Å²) < 4.78 is 61.6. The number of pyridine rings is 1. The van der Waals surface area contributed by atoms with E-state index >= 15 is 0 Å². The van der Waals surface area contributed by atoms with E-state index in [2.05, 4.69) is 30.7 Å². The molecule has 0 atom stereocenters. The van der Waals surface area contributed by atoms with Crippen LogP contribution in [0.3, 0.4) is 0 Å². The minimum Gasteiger partial charge on any atom is -0.361 e. The van der Waals surface area contributed by atoms with Crippen LogP contribution in [0.15, 0.2) is 48.8 Å². The summed E-state index contributed by atoms with van der Waals surface area (Å²) in [7, 11) is -5.52. The number of anilines is 1. The van der Waals surface area contributed by atoms with Gasteiger partial charge in [-0.05, 0) is 47.5 Å². The molecule has 5 nitrogen and oxygen atoms in total. The van der Waals surface area contributed by atoms with Crippen LogP contribution in [-0.2, 0) is 15.4 Å². The third-order valence-electron chi connectivity index (χ3n) is 4.36. The van der Waals surface area contributed by atoms with E-state index in [0.29, 0.717) is 11.3 Å². The molecule has 3 aromatic rings. The minimum atomic E-state index is -5.52. The molecule has 0 radical (unpaired) electrons. The monoisotopic (exact) mass is 457 g/mol. The first-order valence-electron chi connectivity index (χ1n) is 8.82. The Morgan fingerprint density at radius 1 is 1.03 bits per heavy atom. The third-order valence-corrected chi connectivity index (χ3v) is 5.79. The molecule has 160 valence electrons. The van der Waals surface area contributed by atoms with Gasteiger partial charge in [0.25, 0.3) is 0 Å². The van der Waals surface area contributed by atoms with Gasteiger partial charge in [-0.25, -0.2) is 0 Å². The molecule has 10 heteroatoms. The Balaban J connectivity index is 1.89. The summed E-state index contributed by atoms with van der Waals surface area (Å²) in [6.07, 6.45) is 3.52. The summed E-state index contributed by atoms with van der Waals surface area (Å²) in [5, 5.41) is 0.0934. The maximum Gasteiger partial charge on any atom is 0.516 e. The predicted octanol–water partition coefficient (Wildman–Crippen LogP) is 5.96. The van der Waals surface area contributed by atoms with Crippen molar-refractivity contribution in [2.45, 2.75) is 31.7 Å². The Bertz CT molecular complexity index is 1180. The Morgan fingerprint density at radius 3 is 2.33 bits per heavy atom. The molecule has 0 saturated heterocycles. The lowest BCUT2D eigenvalue weighted by Gasteiger charge is -2.18. The van der Waals surface area contributed by atoms with Crippen LogP contribution < -0.4 is 4.72 Å². The van der Waals surface area contributed by atoms with E-state index in [4.69, 9.17) is 11.6 Å². The largest absolute Gasteiger partial charge is 0.516 e. The minimum absolute atomic E-state index is 0.0934. The number of aromatic amines is 1. The molecule has 0 bridgehead atoms. The maximum absolute atomic E-state index is 12.5. The van der Waals surface area contributed by atoms with Gasteiger partial charge in [0, 0.05) is 34.8 Å². The average Bonchev–Trinajstić information content (AvgIpc) is 3.10. The summed E-state index contributed by atoms with van der Waals surface area (Å²) in [5.74, 6) is 0. The van der Waals surface area contributed by atoms with E-state index < -0.39 is 15.5 Å². The van der Waals surface area contributed by atoms with Gasteiger partial charge in [0.05, 0.1) is 10.7 Å². The third kappa shape index (κ3) is 4.62. The second-order valence-corrected chi connectivity index (χ2v) is 9.81. The van der Waals surface area contributed by atoms with Crippen molar-refractivity contribution in [2.75, 3.05) is 4.72 Å². The van der Waals surface area contributed by atoms with Crippen LogP contribution in [0.25, 0.3) is 22.4 Å². The molecule has 2 heterocycles. The zero-order valence-corrected chi connectivity index (χ0v) is 17.9. The van der Waals surface area contributed by atoms with Crippen molar-refractivity contribution >= 4 is 27.3 Å². The number of hydrogen-bond acceptors (Lipinski definition) is 3. The first-order valence-corrected chi connectivity index (χ1v) is 10.7. The first kappa shape index (κ1) is 22.2. The quantitative estimate of drug-likeness (QED) is 0.508. The van der Waals surface area contributed by atoms with Gasteiger partial charge in [-0.2, -0.15) is 21.6 Å². The fraction of sp³-hybridized carbons (Fsp3) is 0.250. The van der Waals surface area contributed by atoms with Gasteiger partial charge in [0.2, 0.25) is 0 Å². The van der Waals surface area contributed by atoms with Crippen molar-refractivity contribution < 1.29 is 21.6 Å². The molecule has 2 aromatic heterocycles. The molecule has 0 saturated carbocycles. The van der Waals surface area contributed by atoms with Crippen molar-refractivity contribution in [1.82, 2.24) is 9.97 Å². The van der Waals surface area contributed by atoms with Gasteiger partial charge in [-0.3, -0.25) is 9.71 Å². The van der Waals surface area contributed by atoms with Gasteiger partial charge in [0.1, 0.15) is 0 Å². The van der Waals surface area contributed by atoms with Gasteiger partial charge in [-0.1, -0.05) is 32.4 Å². The Kier molecular flexibility index (Phi) is 5.64. The molecular formula is C20H19ClF3N3O2S. The Labute approximate surface area is 177 Å². The molecule has 1 aromatic carbocycles. The summed E-state index contributed by atoms with van der Waals surface area (Å²) in [4.78, 5) is 7.49. The number of halogens is 4. The predicted molar refractivity (Wildman–Crippen MR) is 112 cm³/mol. The van der Waals surface area contributed by atoms with Gasteiger partial charge >= 0.3 is 15.5 Å². The molecule has 0 aliphatic rings. The zero-order valence-electron chi connectivity index (χ0n) is 16.3. The van der Waals surface area contributed by atoms with Crippen LogP contribution in [0, 0.1) is 0 Å². The van der Waals surface area contributed by atoms with Crippen molar-refractivity contribution in [3.05, 3.63) is 59.5 Å². The average molecular weight is 458 g/mol. The maximum atomic E-state index is 12.5. The zero-order chi connectivity index (χ0) is 22.3. The van der Waals surface area contributed by atoms with E-state index in [1.165, 1.54) is 16.9 Å². The van der Waals surface area contributed by atoms with E-state index in [1.807, 2.05) is 18.2 Å². The highest BCUT2D eigenvalue weighted by molar-refractivity contribution is 7.93. The fourth-order valence-electron chi connectivity index (χ4n) is 2.75. The standard InChI is InChI=1S/C20H19ClF3N3O2S/c1-19(2,3)18-9-12(6-7-25-18)13-8-17(26-11-13)15-5-4-14(10-16(15)21)27-30(28,29)20(22,23)24/h4-11,26-27H,1-3H3. The lowest BCUT2D eigenvalue weighted by atomic mass is 9.90. The SMILES string of the molecule is CC(C)(C)c1cc(-c2c[nH]c(-c3ccc(NS(=O)(=O)C(F)(F)F)cc3Cl)c2)ccn1. The molecule has 0 amide bonds. The topological polar surface area (TPSA) is 74.8 Å². The molecule has 3 rings (SSSR count). The number of H-pyrrole nitrogens is 1. The first-order chi connectivity index (χ1) is 13.8. The Morgan fingerprint density at radius 2 is 1.73 bits per heavy atom. The van der Waals surface area contributed by atoms with Gasteiger partial charge in [0.15, 0.2) is 0 Å². The number of rotatable bonds is 4. The highest BCUT2D eigenvalue weighted by Crippen LogP contribution is 2.34. The summed E-state index contributed by atoms with van der Waals surface area (Å²) in [6.45, 7) is 6.20. The van der Waals surface area contributed by atoms with Crippen molar-refractivity contribution in [1.29, 1.82) is 0 Å².